The van der Waals surface area contributed by atoms with Crippen LogP contribution in [0.2, 0.25) is 0 Å². The van der Waals surface area contributed by atoms with E-state index in [1.165, 1.54) is 0 Å². The molecule has 0 saturated carbocycles. The Morgan fingerprint density at radius 3 is 0.667 bits per heavy atom. The fraction of sp³-hybridized carbons (Fsp3) is 0.500. The van der Waals surface area contributed by atoms with E-state index in [9.17, 15) is 9.59 Å². The van der Waals surface area contributed by atoms with Crippen LogP contribution in [0.1, 0.15) is 0 Å². The molecule has 140 valence electrons. The zero-order valence-electron chi connectivity index (χ0n) is 9.76. The second-order valence-electron chi connectivity index (χ2n) is 1.57. The molecule has 16 nitrogen and oxygen atoms in total. The molecule has 2 unspecified atom stereocenters. The van der Waals surface area contributed by atoms with Gasteiger partial charge < -0.3 is 75.2 Å². The monoisotopic (exact) mass is 354 g/mol. The molecule has 0 rings (SSSR count). The predicted molar refractivity (Wildman–Crippen MR) is 70.6 cm³/mol. The molecule has 0 aromatic carbocycles. The Labute approximate surface area is 139 Å². The van der Waals surface area contributed by atoms with Gasteiger partial charge in [-0.1, -0.05) is 0 Å². The standard InChI is InChI=1S/C4H6O6.Na.10H2O.H/c5-1(3(7)8)2(6)4(9)10;;;;;;;;;;;;/h1-2,5-6H,(H,7,8)(H,9,10);;10*1H2;. The van der Waals surface area contributed by atoms with Crippen LogP contribution in [0.5, 0.6) is 0 Å². The van der Waals surface area contributed by atoms with Crippen LogP contribution in [0, 0.1) is 0 Å². The van der Waals surface area contributed by atoms with E-state index in [-0.39, 0.29) is 84.3 Å². The molecule has 0 radical (unpaired) electrons. The summed E-state index contributed by atoms with van der Waals surface area (Å²) in [5.41, 5.74) is 0. The summed E-state index contributed by atoms with van der Waals surface area (Å²) in [7, 11) is 0. The molecule has 0 saturated heterocycles. The Balaban J connectivity index is -0.00000000736. The third-order valence-corrected chi connectivity index (χ3v) is 0.805. The van der Waals surface area contributed by atoms with Gasteiger partial charge in [0.2, 0.25) is 0 Å². The molecule has 0 aromatic heterocycles. The van der Waals surface area contributed by atoms with Crippen LogP contribution < -0.4 is 0 Å². The van der Waals surface area contributed by atoms with Gasteiger partial charge in [0.05, 0.1) is 0 Å². The van der Waals surface area contributed by atoms with Crippen LogP contribution in [0.15, 0.2) is 0 Å². The number of carboxylic acids is 2. The first-order chi connectivity index (χ1) is 4.46. The number of hydrogen-bond donors (Lipinski definition) is 4. The summed E-state index contributed by atoms with van der Waals surface area (Å²) in [6, 6.07) is 0. The molecule has 2 atom stereocenters. The van der Waals surface area contributed by atoms with Gasteiger partial charge in [-0.3, -0.25) is 0 Å². The van der Waals surface area contributed by atoms with Gasteiger partial charge in [-0.15, -0.1) is 0 Å². The number of rotatable bonds is 3. The zero-order chi connectivity index (χ0) is 8.31. The van der Waals surface area contributed by atoms with E-state index in [2.05, 4.69) is 0 Å². The number of hydrogen-bond acceptors (Lipinski definition) is 4. The Morgan fingerprint density at radius 1 is 0.524 bits per heavy atom. The van der Waals surface area contributed by atoms with Gasteiger partial charge in [-0.25, -0.2) is 9.59 Å². The average molecular weight is 354 g/mol. The number of carboxylic acid groups (broad SMARTS) is 2. The van der Waals surface area contributed by atoms with Crippen LogP contribution in [0.3, 0.4) is 0 Å². The van der Waals surface area contributed by atoms with Gasteiger partial charge >= 0.3 is 41.5 Å². The van der Waals surface area contributed by atoms with Crippen molar-refractivity contribution in [3.8, 4) is 0 Å². The van der Waals surface area contributed by atoms with Crippen molar-refractivity contribution in [2.45, 2.75) is 12.2 Å². The van der Waals surface area contributed by atoms with Crippen molar-refractivity contribution in [1.82, 2.24) is 0 Å². The number of aliphatic hydroxyl groups excluding tert-OH is 2. The normalized spacial score (nSPS) is 7.52. The fourth-order valence-corrected chi connectivity index (χ4v) is 0.270. The van der Waals surface area contributed by atoms with Crippen molar-refractivity contribution in [1.29, 1.82) is 0 Å². The molecule has 21 heavy (non-hydrogen) atoms. The summed E-state index contributed by atoms with van der Waals surface area (Å²) in [5, 5.41) is 32.5. The van der Waals surface area contributed by atoms with Crippen molar-refractivity contribution in [3.05, 3.63) is 0 Å². The van der Waals surface area contributed by atoms with Gasteiger partial charge in [0, 0.05) is 0 Å². The van der Waals surface area contributed by atoms with Crippen LogP contribution >= 0.6 is 0 Å². The van der Waals surface area contributed by atoms with Crippen LogP contribution in [0.4, 0.5) is 0 Å². The molecule has 0 aliphatic carbocycles. The summed E-state index contributed by atoms with van der Waals surface area (Å²) in [4.78, 5) is 19.5. The second kappa shape index (κ2) is 50.5. The fourth-order valence-electron chi connectivity index (χ4n) is 0.270. The zero-order valence-corrected chi connectivity index (χ0v) is 9.76. The van der Waals surface area contributed by atoms with Crippen LogP contribution in [-0.2, 0) is 9.59 Å². The van der Waals surface area contributed by atoms with Crippen LogP contribution in [0.25, 0.3) is 0 Å². The predicted octanol–water partition coefficient (Wildman–Crippen LogP) is -11.0. The average Bonchev–Trinajstić information content (AvgIpc) is 1.84. The SMILES string of the molecule is O.O.O.O.O.O.O.O.O.O.O=C(O)C(O)C(O)C(=O)O.[NaH]. The number of aliphatic hydroxyl groups is 2. The van der Waals surface area contributed by atoms with E-state index < -0.39 is 24.1 Å². The summed E-state index contributed by atoms with van der Waals surface area (Å²) in [5.74, 6) is -3.54. The van der Waals surface area contributed by atoms with Gasteiger partial charge in [-0.05, 0) is 0 Å². The first-order valence-electron chi connectivity index (χ1n) is 2.28. The van der Waals surface area contributed by atoms with Gasteiger partial charge in [0.25, 0.3) is 0 Å². The molecule has 0 aliphatic rings. The third kappa shape index (κ3) is 45.2. The van der Waals surface area contributed by atoms with Gasteiger partial charge in [-0.2, -0.15) is 0 Å². The first kappa shape index (κ1) is 108. The molecule has 0 amide bonds. The quantitative estimate of drug-likeness (QED) is 0.355. The molecule has 17 heteroatoms. The van der Waals surface area contributed by atoms with E-state index in [0.717, 1.165) is 0 Å². The van der Waals surface area contributed by atoms with Crippen LogP contribution in [-0.4, -0.2) is 129 Å². The van der Waals surface area contributed by atoms with Gasteiger partial charge in [0.15, 0.2) is 12.2 Å². The minimum absolute atomic E-state index is 0. The Kier molecular flexibility index (Phi) is 260. The summed E-state index contributed by atoms with van der Waals surface area (Å²) in [6.45, 7) is 0. The van der Waals surface area contributed by atoms with E-state index >= 15 is 0 Å². The molecule has 0 spiro atoms. The van der Waals surface area contributed by atoms with Crippen molar-refractivity contribution >= 4 is 41.5 Å². The first-order valence-corrected chi connectivity index (χ1v) is 2.28. The minimum atomic E-state index is -2.27. The molecular formula is C4H27NaO16. The molecule has 0 bridgehead atoms. The molecule has 0 aromatic rings. The Bertz CT molecular complexity index is 144. The molecular weight excluding hydrogens is 327 g/mol. The van der Waals surface area contributed by atoms with E-state index in [1.54, 1.807) is 0 Å². The van der Waals surface area contributed by atoms with Gasteiger partial charge in [0.1, 0.15) is 0 Å². The van der Waals surface area contributed by atoms with E-state index in [1.807, 2.05) is 0 Å². The molecule has 0 fully saturated rings. The topological polar surface area (TPSA) is 430 Å². The Hall–Kier alpha value is -0.540. The summed E-state index contributed by atoms with van der Waals surface area (Å²) < 4.78 is 0. The van der Waals surface area contributed by atoms with E-state index in [4.69, 9.17) is 20.4 Å². The number of carbonyl (C=O) groups is 2. The molecule has 0 aliphatic heterocycles. The van der Waals surface area contributed by atoms with Crippen molar-refractivity contribution in [2.24, 2.45) is 0 Å². The third-order valence-electron chi connectivity index (χ3n) is 0.805. The summed E-state index contributed by atoms with van der Waals surface area (Å²) in [6.07, 6.45) is -4.53. The maximum atomic E-state index is 9.77. The second-order valence-corrected chi connectivity index (χ2v) is 1.57. The number of aliphatic carboxylic acids is 2. The van der Waals surface area contributed by atoms with Crippen molar-refractivity contribution < 1.29 is 84.8 Å². The van der Waals surface area contributed by atoms with E-state index in [0.29, 0.717) is 0 Å². The van der Waals surface area contributed by atoms with Crippen molar-refractivity contribution in [2.75, 3.05) is 0 Å². The van der Waals surface area contributed by atoms with Crippen molar-refractivity contribution in [3.63, 3.8) is 0 Å². The Morgan fingerprint density at radius 2 is 0.619 bits per heavy atom. The molecule has 24 N–H and O–H groups in total. The molecule has 0 heterocycles. The summed E-state index contributed by atoms with van der Waals surface area (Å²) >= 11 is 0. The maximum absolute atomic E-state index is 9.77.